The number of aromatic amines is 1. The van der Waals surface area contributed by atoms with Crippen molar-refractivity contribution in [2.75, 3.05) is 0 Å². The lowest BCUT2D eigenvalue weighted by Gasteiger charge is -2.13. The molecule has 0 spiro atoms. The first-order valence-corrected chi connectivity index (χ1v) is 6.21. The van der Waals surface area contributed by atoms with E-state index in [-0.39, 0.29) is 0 Å². The van der Waals surface area contributed by atoms with E-state index in [4.69, 9.17) is 12.2 Å². The summed E-state index contributed by atoms with van der Waals surface area (Å²) in [5.41, 5.74) is 2.21. The number of hydrogen-bond donors (Lipinski definition) is 1. The van der Waals surface area contributed by atoms with Crippen molar-refractivity contribution in [2.45, 2.75) is 32.2 Å². The second kappa shape index (κ2) is 3.70. The van der Waals surface area contributed by atoms with Gasteiger partial charge in [-0.2, -0.15) is 0 Å². The van der Waals surface area contributed by atoms with Crippen LogP contribution in [0.25, 0.3) is 11.0 Å². The third kappa shape index (κ3) is 1.67. The Morgan fingerprint density at radius 1 is 1.62 bits per heavy atom. The van der Waals surface area contributed by atoms with Crippen LogP contribution in [0, 0.1) is 10.7 Å². The predicted molar refractivity (Wildman–Crippen MR) is 67.0 cm³/mol. The normalized spacial score (nSPS) is 17.8. The molecule has 0 saturated heterocycles. The van der Waals surface area contributed by atoms with Crippen LogP contribution >= 0.6 is 12.2 Å². The summed E-state index contributed by atoms with van der Waals surface area (Å²) in [7, 11) is 0. The Morgan fingerprint density at radius 2 is 2.44 bits per heavy atom. The molecule has 2 aromatic rings. The summed E-state index contributed by atoms with van der Waals surface area (Å²) < 4.78 is 3.04. The molecule has 84 valence electrons. The molecule has 1 saturated carbocycles. The van der Waals surface area contributed by atoms with Gasteiger partial charge in [-0.1, -0.05) is 12.8 Å². The van der Waals surface area contributed by atoms with E-state index in [1.54, 1.807) is 0 Å². The molecule has 0 bridgehead atoms. The third-order valence-electron chi connectivity index (χ3n) is 3.33. The van der Waals surface area contributed by atoms with Crippen LogP contribution in [0.5, 0.6) is 0 Å². The zero-order valence-corrected chi connectivity index (χ0v) is 10.1. The Labute approximate surface area is 99.5 Å². The number of nitrogens with zero attached hydrogens (tertiary/aromatic N) is 2. The van der Waals surface area contributed by atoms with Gasteiger partial charge in [-0.15, -0.1) is 0 Å². The zero-order valence-electron chi connectivity index (χ0n) is 9.31. The average molecular weight is 233 g/mol. The molecule has 0 aliphatic heterocycles. The smallest absolute Gasteiger partial charge is 0.178 e. The summed E-state index contributed by atoms with van der Waals surface area (Å²) in [6, 6.07) is 2.52. The molecule has 1 N–H and O–H groups in total. The SMILES string of the molecule is CC(CC1CC1)n1c(=S)[nH]c2cnccc21. The molecule has 0 amide bonds. The molecule has 2 heterocycles. The van der Waals surface area contributed by atoms with Gasteiger partial charge in [-0.25, -0.2) is 0 Å². The highest BCUT2D eigenvalue weighted by atomic mass is 32.1. The molecule has 1 aliphatic carbocycles. The van der Waals surface area contributed by atoms with Gasteiger partial charge in [0.1, 0.15) is 0 Å². The van der Waals surface area contributed by atoms with E-state index in [1.807, 2.05) is 18.5 Å². The monoisotopic (exact) mass is 233 g/mol. The number of hydrogen-bond acceptors (Lipinski definition) is 2. The Kier molecular flexibility index (Phi) is 2.32. The lowest BCUT2D eigenvalue weighted by Crippen LogP contribution is -2.05. The number of pyridine rings is 1. The summed E-state index contributed by atoms with van der Waals surface area (Å²) in [4.78, 5) is 7.33. The molecular formula is C12H15N3S. The third-order valence-corrected chi connectivity index (χ3v) is 3.63. The summed E-state index contributed by atoms with van der Waals surface area (Å²) in [5, 5.41) is 0. The topological polar surface area (TPSA) is 33.6 Å². The van der Waals surface area contributed by atoms with Crippen molar-refractivity contribution in [3.05, 3.63) is 23.2 Å². The van der Waals surface area contributed by atoms with Crippen molar-refractivity contribution in [3.8, 4) is 0 Å². The van der Waals surface area contributed by atoms with Crippen molar-refractivity contribution in [1.29, 1.82) is 0 Å². The van der Waals surface area contributed by atoms with Crippen LogP contribution in [0.3, 0.4) is 0 Å². The van der Waals surface area contributed by atoms with Crippen LogP contribution < -0.4 is 0 Å². The predicted octanol–water partition coefficient (Wildman–Crippen LogP) is 3.45. The molecule has 3 nitrogen and oxygen atoms in total. The van der Waals surface area contributed by atoms with E-state index in [1.165, 1.54) is 24.8 Å². The number of fused-ring (bicyclic) bond motifs is 1. The standard InChI is InChI=1S/C12H15N3S/c1-8(6-9-2-3-9)15-11-4-5-13-7-10(11)14-12(15)16/h4-5,7-9H,2-3,6H2,1H3,(H,14,16). The molecule has 0 aromatic carbocycles. The minimum Gasteiger partial charge on any atom is -0.329 e. The van der Waals surface area contributed by atoms with Crippen LogP contribution in [-0.4, -0.2) is 14.5 Å². The van der Waals surface area contributed by atoms with E-state index in [0.717, 1.165) is 16.2 Å². The molecular weight excluding hydrogens is 218 g/mol. The zero-order chi connectivity index (χ0) is 11.1. The summed E-state index contributed by atoms with van der Waals surface area (Å²) in [6.07, 6.45) is 7.68. The highest BCUT2D eigenvalue weighted by Gasteiger charge is 2.25. The van der Waals surface area contributed by atoms with Crippen molar-refractivity contribution >= 4 is 23.3 Å². The van der Waals surface area contributed by atoms with E-state index in [9.17, 15) is 0 Å². The molecule has 16 heavy (non-hydrogen) atoms. The lowest BCUT2D eigenvalue weighted by molar-refractivity contribution is 0.483. The first kappa shape index (κ1) is 10.0. The van der Waals surface area contributed by atoms with Crippen LogP contribution in [-0.2, 0) is 0 Å². The Morgan fingerprint density at radius 3 is 3.19 bits per heavy atom. The van der Waals surface area contributed by atoms with Gasteiger partial charge in [0.15, 0.2) is 4.77 Å². The number of nitrogens with one attached hydrogen (secondary N) is 1. The highest BCUT2D eigenvalue weighted by molar-refractivity contribution is 7.71. The molecule has 4 heteroatoms. The summed E-state index contributed by atoms with van der Waals surface area (Å²) >= 11 is 5.38. The van der Waals surface area contributed by atoms with Crippen LogP contribution in [0.4, 0.5) is 0 Å². The maximum absolute atomic E-state index is 5.38. The van der Waals surface area contributed by atoms with Gasteiger partial charge >= 0.3 is 0 Å². The van der Waals surface area contributed by atoms with Crippen molar-refractivity contribution in [3.63, 3.8) is 0 Å². The van der Waals surface area contributed by atoms with Gasteiger partial charge in [0.2, 0.25) is 0 Å². The molecule has 1 unspecified atom stereocenters. The van der Waals surface area contributed by atoms with Gasteiger partial charge in [0.05, 0.1) is 17.2 Å². The van der Waals surface area contributed by atoms with E-state index in [2.05, 4.69) is 21.5 Å². The fourth-order valence-electron chi connectivity index (χ4n) is 2.36. The molecule has 1 fully saturated rings. The van der Waals surface area contributed by atoms with Gasteiger partial charge in [0.25, 0.3) is 0 Å². The second-order valence-corrected chi connectivity index (χ2v) is 5.11. The van der Waals surface area contributed by atoms with Crippen LogP contribution in [0.15, 0.2) is 18.5 Å². The van der Waals surface area contributed by atoms with Crippen LogP contribution in [0.1, 0.15) is 32.2 Å². The molecule has 0 radical (unpaired) electrons. The number of aromatic nitrogens is 3. The molecule has 1 aliphatic rings. The van der Waals surface area contributed by atoms with Gasteiger partial charge in [0, 0.05) is 12.2 Å². The van der Waals surface area contributed by atoms with Crippen molar-refractivity contribution < 1.29 is 0 Å². The molecule has 3 rings (SSSR count). The number of H-pyrrole nitrogens is 1. The average Bonchev–Trinajstić information content (AvgIpc) is 2.98. The Hall–Kier alpha value is -1.16. The number of imidazole rings is 1. The van der Waals surface area contributed by atoms with Gasteiger partial charge < -0.3 is 9.55 Å². The summed E-state index contributed by atoms with van der Waals surface area (Å²) in [6.45, 7) is 2.25. The number of rotatable bonds is 3. The second-order valence-electron chi connectivity index (χ2n) is 4.72. The van der Waals surface area contributed by atoms with Gasteiger partial charge in [-0.05, 0) is 37.5 Å². The molecule has 2 aromatic heterocycles. The first-order valence-electron chi connectivity index (χ1n) is 5.80. The first-order chi connectivity index (χ1) is 7.75. The van der Waals surface area contributed by atoms with E-state index >= 15 is 0 Å². The van der Waals surface area contributed by atoms with Crippen molar-refractivity contribution in [1.82, 2.24) is 14.5 Å². The largest absolute Gasteiger partial charge is 0.329 e. The fraction of sp³-hybridized carbons (Fsp3) is 0.500. The van der Waals surface area contributed by atoms with Crippen molar-refractivity contribution in [2.24, 2.45) is 5.92 Å². The molecule has 1 atom stereocenters. The Balaban J connectivity index is 2.06. The van der Waals surface area contributed by atoms with Crippen LogP contribution in [0.2, 0.25) is 0 Å². The Bertz CT molecular complexity index is 565. The maximum Gasteiger partial charge on any atom is 0.178 e. The minimum absolute atomic E-state index is 0.483. The minimum atomic E-state index is 0.483. The quantitative estimate of drug-likeness (QED) is 0.824. The highest BCUT2D eigenvalue weighted by Crippen LogP contribution is 2.37. The fourth-order valence-corrected chi connectivity index (χ4v) is 2.75. The van der Waals surface area contributed by atoms with Gasteiger partial charge in [-0.3, -0.25) is 4.98 Å². The lowest BCUT2D eigenvalue weighted by atomic mass is 10.1. The summed E-state index contributed by atoms with van der Waals surface area (Å²) in [5.74, 6) is 0.920. The maximum atomic E-state index is 5.38. The van der Waals surface area contributed by atoms with E-state index in [0.29, 0.717) is 6.04 Å². The van der Waals surface area contributed by atoms with E-state index < -0.39 is 0 Å².